The van der Waals surface area contributed by atoms with Gasteiger partial charge in [0.15, 0.2) is 0 Å². The van der Waals surface area contributed by atoms with Crippen molar-refractivity contribution in [3.63, 3.8) is 0 Å². The number of amides is 1. The SMILES string of the molecule is COCCCC(NC(=O)CC1CSCCN1)C(=O)O. The largest absolute Gasteiger partial charge is 0.480 e. The number of thioether (sulfide) groups is 1. The second-order valence-corrected chi connectivity index (χ2v) is 5.67. The van der Waals surface area contributed by atoms with Crippen molar-refractivity contribution in [1.82, 2.24) is 10.6 Å². The molecule has 3 N–H and O–H groups in total. The Labute approximate surface area is 117 Å². The number of hydrogen-bond donors (Lipinski definition) is 3. The van der Waals surface area contributed by atoms with Crippen molar-refractivity contribution in [1.29, 1.82) is 0 Å². The van der Waals surface area contributed by atoms with Gasteiger partial charge in [0.2, 0.25) is 5.91 Å². The van der Waals surface area contributed by atoms with E-state index in [1.165, 1.54) is 0 Å². The van der Waals surface area contributed by atoms with Crippen molar-refractivity contribution in [3.8, 4) is 0 Å². The summed E-state index contributed by atoms with van der Waals surface area (Å²) in [6.07, 6.45) is 1.34. The van der Waals surface area contributed by atoms with E-state index in [2.05, 4.69) is 10.6 Å². The van der Waals surface area contributed by atoms with Gasteiger partial charge in [-0.15, -0.1) is 0 Å². The molecule has 2 unspecified atom stereocenters. The third-order valence-corrected chi connectivity index (χ3v) is 4.04. The Hall–Kier alpha value is -0.790. The molecule has 1 aliphatic heterocycles. The van der Waals surface area contributed by atoms with Crippen LogP contribution in [0.25, 0.3) is 0 Å². The first-order valence-electron chi connectivity index (χ1n) is 6.45. The summed E-state index contributed by atoms with van der Waals surface area (Å²) in [7, 11) is 1.57. The summed E-state index contributed by atoms with van der Waals surface area (Å²) in [6, 6.07) is -0.675. The van der Waals surface area contributed by atoms with E-state index in [0.29, 0.717) is 25.9 Å². The van der Waals surface area contributed by atoms with Crippen LogP contribution in [0.4, 0.5) is 0 Å². The van der Waals surface area contributed by atoms with Crippen molar-refractivity contribution in [2.75, 3.05) is 31.8 Å². The summed E-state index contributed by atoms with van der Waals surface area (Å²) < 4.78 is 4.88. The van der Waals surface area contributed by atoms with E-state index in [-0.39, 0.29) is 11.9 Å². The molecule has 1 aliphatic rings. The Bertz CT molecular complexity index is 295. The van der Waals surface area contributed by atoms with Crippen LogP contribution in [0, 0.1) is 0 Å². The van der Waals surface area contributed by atoms with Gasteiger partial charge in [0.25, 0.3) is 0 Å². The first kappa shape index (κ1) is 16.3. The Morgan fingerprint density at radius 3 is 2.95 bits per heavy atom. The minimum Gasteiger partial charge on any atom is -0.480 e. The zero-order valence-corrected chi connectivity index (χ0v) is 12.0. The van der Waals surface area contributed by atoms with Crippen molar-refractivity contribution >= 4 is 23.6 Å². The van der Waals surface area contributed by atoms with Crippen LogP contribution in [0.3, 0.4) is 0 Å². The lowest BCUT2D eigenvalue weighted by molar-refractivity contribution is -0.142. The van der Waals surface area contributed by atoms with Gasteiger partial charge in [0, 0.05) is 44.2 Å². The molecule has 6 nitrogen and oxygen atoms in total. The molecule has 0 spiro atoms. The number of carbonyl (C=O) groups excluding carboxylic acids is 1. The Morgan fingerprint density at radius 2 is 2.37 bits per heavy atom. The van der Waals surface area contributed by atoms with E-state index in [1.54, 1.807) is 7.11 Å². The highest BCUT2D eigenvalue weighted by molar-refractivity contribution is 7.99. The first-order valence-corrected chi connectivity index (χ1v) is 7.61. The maximum atomic E-state index is 11.8. The smallest absolute Gasteiger partial charge is 0.326 e. The summed E-state index contributed by atoms with van der Waals surface area (Å²) in [5, 5.41) is 14.9. The van der Waals surface area contributed by atoms with Crippen LogP contribution in [0.5, 0.6) is 0 Å². The van der Waals surface area contributed by atoms with Gasteiger partial charge >= 0.3 is 5.97 Å². The van der Waals surface area contributed by atoms with Gasteiger partial charge in [0.05, 0.1) is 0 Å². The summed E-state index contributed by atoms with van der Waals surface area (Å²) in [5.41, 5.74) is 0. The van der Waals surface area contributed by atoms with Crippen molar-refractivity contribution in [2.24, 2.45) is 0 Å². The van der Waals surface area contributed by atoms with Crippen LogP contribution in [-0.4, -0.2) is 60.8 Å². The molecule has 7 heteroatoms. The van der Waals surface area contributed by atoms with Crippen molar-refractivity contribution < 1.29 is 19.4 Å². The van der Waals surface area contributed by atoms with Crippen LogP contribution in [-0.2, 0) is 14.3 Å². The molecule has 0 aromatic carbocycles. The minimum absolute atomic E-state index is 0.146. The monoisotopic (exact) mass is 290 g/mol. The number of aliphatic carboxylic acids is 1. The summed E-state index contributed by atoms with van der Waals surface area (Å²) >= 11 is 1.81. The fourth-order valence-corrected chi connectivity index (χ4v) is 2.87. The second-order valence-electron chi connectivity index (χ2n) is 4.52. The molecule has 0 aromatic heterocycles. The highest BCUT2D eigenvalue weighted by Gasteiger charge is 2.22. The number of methoxy groups -OCH3 is 1. The van der Waals surface area contributed by atoms with Crippen LogP contribution < -0.4 is 10.6 Å². The Morgan fingerprint density at radius 1 is 1.58 bits per heavy atom. The molecule has 1 fully saturated rings. The molecule has 1 amide bonds. The van der Waals surface area contributed by atoms with Gasteiger partial charge in [0.1, 0.15) is 6.04 Å². The van der Waals surface area contributed by atoms with Crippen LogP contribution in [0.1, 0.15) is 19.3 Å². The third kappa shape index (κ3) is 6.79. The topological polar surface area (TPSA) is 87.7 Å². The molecule has 110 valence electrons. The summed E-state index contributed by atoms with van der Waals surface area (Å²) in [6.45, 7) is 1.40. The van der Waals surface area contributed by atoms with E-state index in [0.717, 1.165) is 18.1 Å². The molecule has 0 aromatic rings. The molecule has 19 heavy (non-hydrogen) atoms. The average molecular weight is 290 g/mol. The third-order valence-electron chi connectivity index (χ3n) is 2.90. The summed E-state index contributed by atoms with van der Waals surface area (Å²) in [4.78, 5) is 22.8. The quantitative estimate of drug-likeness (QED) is 0.549. The van der Waals surface area contributed by atoms with E-state index in [1.807, 2.05) is 11.8 Å². The number of carboxylic acid groups (broad SMARTS) is 1. The standard InChI is InChI=1S/C12H22N2O4S/c1-18-5-2-3-10(12(16)17)14-11(15)7-9-8-19-6-4-13-9/h9-10,13H,2-8H2,1H3,(H,14,15)(H,16,17). The van der Waals surface area contributed by atoms with Gasteiger partial charge in [-0.3, -0.25) is 4.79 Å². The number of rotatable bonds is 8. The molecular formula is C12H22N2O4S. The Kier molecular flexibility index (Phi) is 7.85. The minimum atomic E-state index is -0.990. The molecule has 0 radical (unpaired) electrons. The lowest BCUT2D eigenvalue weighted by atomic mass is 10.1. The number of ether oxygens (including phenoxy) is 1. The fraction of sp³-hybridized carbons (Fsp3) is 0.833. The zero-order chi connectivity index (χ0) is 14.1. The lowest BCUT2D eigenvalue weighted by Gasteiger charge is -2.23. The fourth-order valence-electron chi connectivity index (χ4n) is 1.92. The van der Waals surface area contributed by atoms with E-state index in [4.69, 9.17) is 9.84 Å². The maximum absolute atomic E-state index is 11.8. The van der Waals surface area contributed by atoms with E-state index < -0.39 is 12.0 Å². The average Bonchev–Trinajstić information content (AvgIpc) is 2.38. The highest BCUT2D eigenvalue weighted by atomic mass is 32.2. The van der Waals surface area contributed by atoms with Crippen molar-refractivity contribution in [2.45, 2.75) is 31.3 Å². The first-order chi connectivity index (χ1) is 9.13. The predicted octanol–water partition coefficient (Wildman–Crippen LogP) is 0.0775. The number of carboxylic acids is 1. The normalized spacial score (nSPS) is 20.8. The lowest BCUT2D eigenvalue weighted by Crippen LogP contribution is -2.45. The molecule has 1 rings (SSSR count). The summed E-state index contributed by atoms with van der Waals surface area (Å²) in [5.74, 6) is 0.766. The maximum Gasteiger partial charge on any atom is 0.326 e. The Balaban J connectivity index is 2.31. The number of hydrogen-bond acceptors (Lipinski definition) is 5. The predicted molar refractivity (Wildman–Crippen MR) is 74.4 cm³/mol. The molecule has 1 heterocycles. The van der Waals surface area contributed by atoms with Gasteiger partial charge in [-0.2, -0.15) is 11.8 Å². The van der Waals surface area contributed by atoms with Crippen LogP contribution in [0.15, 0.2) is 0 Å². The van der Waals surface area contributed by atoms with Crippen LogP contribution in [0.2, 0.25) is 0 Å². The van der Waals surface area contributed by atoms with Crippen LogP contribution >= 0.6 is 11.8 Å². The highest BCUT2D eigenvalue weighted by Crippen LogP contribution is 2.10. The van der Waals surface area contributed by atoms with Crippen molar-refractivity contribution in [3.05, 3.63) is 0 Å². The molecule has 0 aliphatic carbocycles. The number of nitrogens with one attached hydrogen (secondary N) is 2. The van der Waals surface area contributed by atoms with E-state index >= 15 is 0 Å². The molecule has 0 bridgehead atoms. The molecule has 2 atom stereocenters. The van der Waals surface area contributed by atoms with Gasteiger partial charge in [-0.25, -0.2) is 4.79 Å². The zero-order valence-electron chi connectivity index (χ0n) is 11.2. The molecule has 0 saturated carbocycles. The molecular weight excluding hydrogens is 268 g/mol. The van der Waals surface area contributed by atoms with Gasteiger partial charge in [-0.1, -0.05) is 0 Å². The second kappa shape index (κ2) is 9.17. The molecule has 1 saturated heterocycles. The van der Waals surface area contributed by atoms with Gasteiger partial charge in [-0.05, 0) is 12.8 Å². The number of carbonyl (C=O) groups is 2. The van der Waals surface area contributed by atoms with Gasteiger partial charge < -0.3 is 20.5 Å². The van der Waals surface area contributed by atoms with E-state index in [9.17, 15) is 9.59 Å².